The Morgan fingerprint density at radius 3 is 2.56 bits per heavy atom. The zero-order chi connectivity index (χ0) is 29.4. The average molecular weight is 571 g/mol. The standard InChI is InChI=1S/C32H50N4O5/c1-4-5-16-35(17-7-6-15-33(2)3)30(38)23-36-22-26(24-12-13-28-25(21-24)14-20-41-28)31(32(39)40)27(36)10-8-18-34-19-9-11-29(34)37/h12-13,21,26-27,31H,4-11,14-20,22-23H2,1-3H3,(H,39,40). The van der Waals surface area contributed by atoms with Gasteiger partial charge in [0.1, 0.15) is 5.75 Å². The minimum atomic E-state index is -0.810. The zero-order valence-corrected chi connectivity index (χ0v) is 25.4. The van der Waals surface area contributed by atoms with E-state index in [1.165, 1.54) is 0 Å². The molecular weight excluding hydrogens is 520 g/mol. The van der Waals surface area contributed by atoms with E-state index in [2.05, 4.69) is 36.9 Å². The van der Waals surface area contributed by atoms with Crippen molar-refractivity contribution in [1.82, 2.24) is 19.6 Å². The topological polar surface area (TPSA) is 93.6 Å². The fraction of sp³-hybridized carbons (Fsp3) is 0.719. The zero-order valence-electron chi connectivity index (χ0n) is 25.4. The number of hydrogen-bond donors (Lipinski definition) is 1. The van der Waals surface area contributed by atoms with Crippen molar-refractivity contribution in [2.45, 2.75) is 76.7 Å². The molecule has 4 rings (SSSR count). The lowest BCUT2D eigenvalue weighted by molar-refractivity contribution is -0.144. The SMILES string of the molecule is CCCCN(CCCCN(C)C)C(=O)CN1CC(c2ccc3c(c2)CCO3)C(C(=O)O)C1CCCN1CCCC1=O. The molecule has 0 spiro atoms. The summed E-state index contributed by atoms with van der Waals surface area (Å²) >= 11 is 0. The van der Waals surface area contributed by atoms with Crippen LogP contribution in [0.25, 0.3) is 0 Å². The first-order chi connectivity index (χ1) is 19.8. The highest BCUT2D eigenvalue weighted by Gasteiger charge is 2.47. The Morgan fingerprint density at radius 1 is 1.07 bits per heavy atom. The minimum Gasteiger partial charge on any atom is -0.493 e. The summed E-state index contributed by atoms with van der Waals surface area (Å²) in [6, 6.07) is 5.84. The van der Waals surface area contributed by atoms with E-state index >= 15 is 0 Å². The molecule has 228 valence electrons. The van der Waals surface area contributed by atoms with Crippen molar-refractivity contribution in [2.24, 2.45) is 5.92 Å². The van der Waals surface area contributed by atoms with Crippen LogP contribution >= 0.6 is 0 Å². The van der Waals surface area contributed by atoms with Crippen LogP contribution in [0.15, 0.2) is 18.2 Å². The molecule has 3 aliphatic rings. The van der Waals surface area contributed by atoms with Crippen molar-refractivity contribution in [2.75, 3.05) is 66.5 Å². The molecule has 2 fully saturated rings. The number of ether oxygens (including phenoxy) is 1. The van der Waals surface area contributed by atoms with Crippen molar-refractivity contribution < 1.29 is 24.2 Å². The highest BCUT2D eigenvalue weighted by atomic mass is 16.5. The monoisotopic (exact) mass is 570 g/mol. The van der Waals surface area contributed by atoms with Gasteiger partial charge in [0.25, 0.3) is 0 Å². The molecule has 0 saturated carbocycles. The fourth-order valence-electron chi connectivity index (χ4n) is 6.77. The molecule has 0 radical (unpaired) electrons. The maximum absolute atomic E-state index is 13.7. The van der Waals surface area contributed by atoms with Gasteiger partial charge in [0.05, 0.1) is 19.1 Å². The second kappa shape index (κ2) is 15.0. The van der Waals surface area contributed by atoms with Crippen LogP contribution in [0.3, 0.4) is 0 Å². The number of amides is 2. The lowest BCUT2D eigenvalue weighted by atomic mass is 9.83. The van der Waals surface area contributed by atoms with Gasteiger partial charge in [-0.2, -0.15) is 0 Å². The number of likely N-dealkylation sites (tertiary alicyclic amines) is 2. The van der Waals surface area contributed by atoms with Crippen molar-refractivity contribution in [3.8, 4) is 5.75 Å². The maximum Gasteiger partial charge on any atom is 0.308 e. The van der Waals surface area contributed by atoms with E-state index in [0.717, 1.165) is 88.0 Å². The molecule has 41 heavy (non-hydrogen) atoms. The lowest BCUT2D eigenvalue weighted by Crippen LogP contribution is -2.45. The van der Waals surface area contributed by atoms with Crippen LogP contribution in [0.5, 0.6) is 5.75 Å². The van der Waals surface area contributed by atoms with Crippen LogP contribution < -0.4 is 4.74 Å². The smallest absolute Gasteiger partial charge is 0.308 e. The summed E-state index contributed by atoms with van der Waals surface area (Å²) in [6.45, 7) is 7.48. The molecule has 0 aromatic heterocycles. The van der Waals surface area contributed by atoms with Crippen LogP contribution in [0.2, 0.25) is 0 Å². The van der Waals surface area contributed by atoms with E-state index in [9.17, 15) is 19.5 Å². The van der Waals surface area contributed by atoms with Gasteiger partial charge in [0, 0.05) is 57.5 Å². The van der Waals surface area contributed by atoms with Crippen LogP contribution in [0.4, 0.5) is 0 Å². The number of rotatable bonds is 16. The number of carboxylic acid groups (broad SMARTS) is 1. The molecule has 0 bridgehead atoms. The summed E-state index contributed by atoms with van der Waals surface area (Å²) in [5.41, 5.74) is 2.15. The first kappa shape index (κ1) is 31.3. The summed E-state index contributed by atoms with van der Waals surface area (Å²) in [5.74, 6) is -0.447. The molecule has 2 saturated heterocycles. The summed E-state index contributed by atoms with van der Waals surface area (Å²) < 4.78 is 5.70. The third-order valence-electron chi connectivity index (χ3n) is 9.03. The van der Waals surface area contributed by atoms with Crippen LogP contribution in [-0.2, 0) is 20.8 Å². The summed E-state index contributed by atoms with van der Waals surface area (Å²) in [6.07, 6.45) is 7.70. The normalized spacial score (nSPS) is 22.4. The quantitative estimate of drug-likeness (QED) is 0.304. The number of benzene rings is 1. The molecule has 0 aliphatic carbocycles. The average Bonchev–Trinajstić information content (AvgIpc) is 3.66. The molecule has 1 N–H and O–H groups in total. The van der Waals surface area contributed by atoms with E-state index in [4.69, 9.17) is 4.74 Å². The third kappa shape index (κ3) is 8.22. The second-order valence-electron chi connectivity index (χ2n) is 12.3. The van der Waals surface area contributed by atoms with E-state index in [1.54, 1.807) is 0 Å². The first-order valence-corrected chi connectivity index (χ1v) is 15.7. The third-order valence-corrected chi connectivity index (χ3v) is 9.03. The number of aliphatic carboxylic acids is 1. The number of carbonyl (C=O) groups excluding carboxylic acids is 2. The largest absolute Gasteiger partial charge is 0.493 e. The van der Waals surface area contributed by atoms with Gasteiger partial charge in [-0.3, -0.25) is 19.3 Å². The van der Waals surface area contributed by atoms with Gasteiger partial charge in [-0.1, -0.05) is 25.5 Å². The highest BCUT2D eigenvalue weighted by molar-refractivity contribution is 5.79. The minimum absolute atomic E-state index is 0.0927. The van der Waals surface area contributed by atoms with Gasteiger partial charge in [-0.15, -0.1) is 0 Å². The number of hydrogen-bond acceptors (Lipinski definition) is 6. The van der Waals surface area contributed by atoms with E-state index in [0.29, 0.717) is 32.5 Å². The Morgan fingerprint density at radius 2 is 1.85 bits per heavy atom. The van der Waals surface area contributed by atoms with Gasteiger partial charge in [0.2, 0.25) is 11.8 Å². The van der Waals surface area contributed by atoms with Gasteiger partial charge in [-0.05, 0) is 76.4 Å². The van der Waals surface area contributed by atoms with E-state index < -0.39 is 11.9 Å². The van der Waals surface area contributed by atoms with Gasteiger partial charge < -0.3 is 24.5 Å². The highest BCUT2D eigenvalue weighted by Crippen LogP contribution is 2.41. The van der Waals surface area contributed by atoms with Crippen LogP contribution in [0, 0.1) is 5.92 Å². The number of carbonyl (C=O) groups is 3. The molecule has 9 nitrogen and oxygen atoms in total. The van der Waals surface area contributed by atoms with Crippen LogP contribution in [-0.4, -0.2) is 115 Å². The molecule has 3 atom stereocenters. The molecule has 1 aromatic rings. The van der Waals surface area contributed by atoms with Gasteiger partial charge >= 0.3 is 5.97 Å². The van der Waals surface area contributed by atoms with Crippen molar-refractivity contribution >= 4 is 17.8 Å². The Kier molecular flexibility index (Phi) is 11.5. The molecule has 1 aromatic carbocycles. The molecule has 3 heterocycles. The number of unbranched alkanes of at least 4 members (excludes halogenated alkanes) is 2. The molecule has 2 amide bonds. The van der Waals surface area contributed by atoms with Crippen molar-refractivity contribution in [3.63, 3.8) is 0 Å². The fourth-order valence-corrected chi connectivity index (χ4v) is 6.77. The van der Waals surface area contributed by atoms with Crippen molar-refractivity contribution in [3.05, 3.63) is 29.3 Å². The maximum atomic E-state index is 13.7. The first-order valence-electron chi connectivity index (χ1n) is 15.7. The second-order valence-corrected chi connectivity index (χ2v) is 12.3. The van der Waals surface area contributed by atoms with E-state index in [1.807, 2.05) is 21.9 Å². The molecule has 3 aliphatic heterocycles. The van der Waals surface area contributed by atoms with Gasteiger partial charge in [0.15, 0.2) is 0 Å². The molecule has 9 heteroatoms. The number of carboxylic acids is 1. The lowest BCUT2D eigenvalue weighted by Gasteiger charge is -2.30. The Bertz CT molecular complexity index is 1050. The van der Waals surface area contributed by atoms with Crippen LogP contribution in [0.1, 0.15) is 75.3 Å². The van der Waals surface area contributed by atoms with E-state index in [-0.39, 0.29) is 30.3 Å². The Hall–Kier alpha value is -2.65. The summed E-state index contributed by atoms with van der Waals surface area (Å²) in [5, 5.41) is 10.5. The van der Waals surface area contributed by atoms with Crippen molar-refractivity contribution in [1.29, 1.82) is 0 Å². The summed E-state index contributed by atoms with van der Waals surface area (Å²) in [7, 11) is 4.13. The van der Waals surface area contributed by atoms with Gasteiger partial charge in [-0.25, -0.2) is 0 Å². The molecule has 3 unspecified atom stereocenters. The number of nitrogens with zero attached hydrogens (tertiary/aromatic N) is 4. The summed E-state index contributed by atoms with van der Waals surface area (Å²) in [4.78, 5) is 46.9. The Balaban J connectivity index is 1.51. The number of fused-ring (bicyclic) bond motifs is 1. The Labute approximate surface area is 245 Å². The predicted molar refractivity (Wildman–Crippen MR) is 159 cm³/mol. The molecular formula is C32H50N4O5. The predicted octanol–water partition coefficient (Wildman–Crippen LogP) is 3.46.